The average molecular weight is 180 g/mol. The van der Waals surface area contributed by atoms with Crippen molar-refractivity contribution in [3.63, 3.8) is 0 Å². The maximum Gasteiger partial charge on any atom is 0.183 e. The molecule has 62 valence electrons. The average Bonchev–Trinajstić information content (AvgIpc) is 2.58. The van der Waals surface area contributed by atoms with Gasteiger partial charge in [-0.25, -0.2) is 4.98 Å². The molecule has 1 N–H and O–H groups in total. The van der Waals surface area contributed by atoms with E-state index in [1.54, 1.807) is 0 Å². The van der Waals surface area contributed by atoms with Gasteiger partial charge >= 0.3 is 0 Å². The lowest BCUT2D eigenvalue weighted by atomic mass is 10.2. The van der Waals surface area contributed by atoms with Gasteiger partial charge in [-0.3, -0.25) is 5.10 Å². The molecule has 0 aromatic carbocycles. The number of nitrogens with zero attached hydrogens (tertiary/aromatic N) is 3. The fourth-order valence-corrected chi connectivity index (χ4v) is 1.66. The van der Waals surface area contributed by atoms with Gasteiger partial charge in [-0.1, -0.05) is 0 Å². The maximum atomic E-state index is 4.21. The Morgan fingerprint density at radius 3 is 2.75 bits per heavy atom. The molecular formula is C7H8N4S. The van der Waals surface area contributed by atoms with Crippen molar-refractivity contribution in [3.8, 4) is 11.4 Å². The smallest absolute Gasteiger partial charge is 0.183 e. The maximum absolute atomic E-state index is 4.21. The Bertz CT molecular complexity index is 390. The molecule has 0 aliphatic rings. The molecule has 2 rings (SSSR count). The second kappa shape index (κ2) is 2.67. The first-order valence-corrected chi connectivity index (χ1v) is 4.41. The van der Waals surface area contributed by atoms with E-state index in [-0.39, 0.29) is 0 Å². The van der Waals surface area contributed by atoms with Crippen molar-refractivity contribution < 1.29 is 0 Å². The van der Waals surface area contributed by atoms with Gasteiger partial charge in [0.25, 0.3) is 0 Å². The van der Waals surface area contributed by atoms with Crippen molar-refractivity contribution in [3.05, 3.63) is 16.9 Å². The van der Waals surface area contributed by atoms with E-state index in [1.807, 2.05) is 19.2 Å². The lowest BCUT2D eigenvalue weighted by Crippen LogP contribution is -1.81. The van der Waals surface area contributed by atoms with Crippen LogP contribution in [0.2, 0.25) is 0 Å². The van der Waals surface area contributed by atoms with E-state index in [9.17, 15) is 0 Å². The van der Waals surface area contributed by atoms with Crippen molar-refractivity contribution in [1.82, 2.24) is 19.6 Å². The van der Waals surface area contributed by atoms with Crippen LogP contribution in [0.5, 0.6) is 0 Å². The number of rotatable bonds is 1. The Kier molecular flexibility index (Phi) is 1.65. The number of aryl methyl sites for hydroxylation is 2. The minimum atomic E-state index is 0.735. The van der Waals surface area contributed by atoms with Gasteiger partial charge < -0.3 is 0 Å². The van der Waals surface area contributed by atoms with E-state index in [0.29, 0.717) is 0 Å². The van der Waals surface area contributed by atoms with Gasteiger partial charge in [0.15, 0.2) is 5.82 Å². The quantitative estimate of drug-likeness (QED) is 0.724. The summed E-state index contributed by atoms with van der Waals surface area (Å²) < 4.78 is 4.15. The predicted octanol–water partition coefficient (Wildman–Crippen LogP) is 1.55. The van der Waals surface area contributed by atoms with Gasteiger partial charge in [0, 0.05) is 5.38 Å². The summed E-state index contributed by atoms with van der Waals surface area (Å²) in [4.78, 5) is 4.21. The zero-order valence-electron chi connectivity index (χ0n) is 6.83. The molecule has 0 fully saturated rings. The molecule has 0 spiro atoms. The molecule has 0 radical (unpaired) electrons. The summed E-state index contributed by atoms with van der Waals surface area (Å²) in [5.74, 6) is 1.56. The molecule has 0 aliphatic carbocycles. The van der Waals surface area contributed by atoms with Crippen molar-refractivity contribution in [2.75, 3.05) is 0 Å². The number of aromatic nitrogens is 4. The zero-order valence-corrected chi connectivity index (χ0v) is 7.64. The summed E-state index contributed by atoms with van der Waals surface area (Å²) >= 11 is 1.43. The number of H-pyrrole nitrogens is 1. The molecule has 4 nitrogen and oxygen atoms in total. The van der Waals surface area contributed by atoms with Gasteiger partial charge in [0.1, 0.15) is 5.82 Å². The van der Waals surface area contributed by atoms with Crippen LogP contribution in [-0.4, -0.2) is 19.6 Å². The van der Waals surface area contributed by atoms with Crippen molar-refractivity contribution >= 4 is 11.5 Å². The normalized spacial score (nSPS) is 10.5. The van der Waals surface area contributed by atoms with Crippen LogP contribution in [-0.2, 0) is 0 Å². The van der Waals surface area contributed by atoms with Crippen LogP contribution >= 0.6 is 11.5 Å². The highest BCUT2D eigenvalue weighted by Gasteiger charge is 2.07. The molecule has 0 amide bonds. The van der Waals surface area contributed by atoms with E-state index in [0.717, 1.165) is 22.9 Å². The van der Waals surface area contributed by atoms with Crippen LogP contribution in [0.1, 0.15) is 11.5 Å². The molecule has 0 bridgehead atoms. The van der Waals surface area contributed by atoms with Crippen molar-refractivity contribution in [2.24, 2.45) is 0 Å². The van der Waals surface area contributed by atoms with Crippen LogP contribution in [0.25, 0.3) is 11.4 Å². The standard InChI is InChI=1S/C7H8N4S/c1-4-6(3-12-11-4)7-8-5(2)9-10-7/h3H,1-2H3,(H,8,9,10). The van der Waals surface area contributed by atoms with Crippen LogP contribution in [0.3, 0.4) is 0 Å². The topological polar surface area (TPSA) is 54.5 Å². The van der Waals surface area contributed by atoms with Crippen LogP contribution in [0, 0.1) is 13.8 Å². The molecule has 0 unspecified atom stereocenters. The monoisotopic (exact) mass is 180 g/mol. The lowest BCUT2D eigenvalue weighted by Gasteiger charge is -1.87. The zero-order chi connectivity index (χ0) is 8.55. The highest BCUT2D eigenvalue weighted by molar-refractivity contribution is 7.04. The minimum absolute atomic E-state index is 0.735. The second-order valence-corrected chi connectivity index (χ2v) is 3.19. The molecule has 0 aliphatic heterocycles. The number of nitrogens with one attached hydrogen (secondary N) is 1. The fourth-order valence-electron chi connectivity index (χ4n) is 0.970. The van der Waals surface area contributed by atoms with Gasteiger partial charge in [-0.15, -0.1) is 0 Å². The Morgan fingerprint density at radius 1 is 1.42 bits per heavy atom. The Morgan fingerprint density at radius 2 is 2.25 bits per heavy atom. The molecule has 12 heavy (non-hydrogen) atoms. The highest BCUT2D eigenvalue weighted by Crippen LogP contribution is 2.19. The second-order valence-electron chi connectivity index (χ2n) is 2.56. The molecule has 0 saturated heterocycles. The molecule has 0 atom stereocenters. The number of aromatic amines is 1. The van der Waals surface area contributed by atoms with Crippen LogP contribution < -0.4 is 0 Å². The molecular weight excluding hydrogens is 172 g/mol. The van der Waals surface area contributed by atoms with E-state index in [4.69, 9.17) is 0 Å². The van der Waals surface area contributed by atoms with Gasteiger partial charge in [0.05, 0.1) is 11.3 Å². The van der Waals surface area contributed by atoms with Crippen molar-refractivity contribution in [1.29, 1.82) is 0 Å². The molecule has 2 heterocycles. The van der Waals surface area contributed by atoms with Gasteiger partial charge in [-0.05, 0) is 25.4 Å². The summed E-state index contributed by atoms with van der Waals surface area (Å²) in [5.41, 5.74) is 2.00. The van der Waals surface area contributed by atoms with E-state index < -0.39 is 0 Å². The summed E-state index contributed by atoms with van der Waals surface area (Å²) in [6.45, 7) is 3.84. The van der Waals surface area contributed by atoms with E-state index in [2.05, 4.69) is 19.6 Å². The number of hydrogen-bond donors (Lipinski definition) is 1. The van der Waals surface area contributed by atoms with Crippen molar-refractivity contribution in [2.45, 2.75) is 13.8 Å². The van der Waals surface area contributed by atoms with Crippen LogP contribution in [0.4, 0.5) is 0 Å². The van der Waals surface area contributed by atoms with Gasteiger partial charge in [-0.2, -0.15) is 9.47 Å². The molecule has 2 aromatic heterocycles. The Balaban J connectivity index is 2.50. The predicted molar refractivity (Wildman–Crippen MR) is 47.0 cm³/mol. The third kappa shape index (κ3) is 1.12. The summed E-state index contributed by atoms with van der Waals surface area (Å²) in [5, 5.41) is 8.81. The minimum Gasteiger partial charge on any atom is -0.263 e. The van der Waals surface area contributed by atoms with Crippen LogP contribution in [0.15, 0.2) is 5.38 Å². The molecule has 0 saturated carbocycles. The van der Waals surface area contributed by atoms with E-state index in [1.165, 1.54) is 11.5 Å². The Hall–Kier alpha value is -1.23. The molecule has 2 aromatic rings. The SMILES string of the molecule is Cc1nc(-c2csnc2C)n[nH]1. The first kappa shape index (κ1) is 7.42. The first-order valence-electron chi connectivity index (χ1n) is 3.57. The first-order chi connectivity index (χ1) is 5.77. The molecule has 5 heteroatoms. The highest BCUT2D eigenvalue weighted by atomic mass is 32.1. The van der Waals surface area contributed by atoms with E-state index >= 15 is 0 Å². The lowest BCUT2D eigenvalue weighted by molar-refractivity contribution is 1.04. The Labute approximate surface area is 73.8 Å². The fraction of sp³-hybridized carbons (Fsp3) is 0.286. The largest absolute Gasteiger partial charge is 0.263 e. The van der Waals surface area contributed by atoms with Gasteiger partial charge in [0.2, 0.25) is 0 Å². The third-order valence-corrected chi connectivity index (χ3v) is 2.31. The number of hydrogen-bond acceptors (Lipinski definition) is 4. The summed E-state index contributed by atoms with van der Waals surface area (Å²) in [7, 11) is 0. The third-order valence-electron chi connectivity index (χ3n) is 1.59. The summed E-state index contributed by atoms with van der Waals surface area (Å²) in [6, 6.07) is 0. The summed E-state index contributed by atoms with van der Waals surface area (Å²) in [6.07, 6.45) is 0.